The van der Waals surface area contributed by atoms with E-state index in [1.54, 1.807) is 0 Å². The minimum Gasteiger partial charge on any atom is -0.371 e. The molecule has 1 heterocycles. The van der Waals surface area contributed by atoms with Crippen LogP contribution in [0.15, 0.2) is 18.2 Å². The molecule has 2 aliphatic rings. The van der Waals surface area contributed by atoms with E-state index in [4.69, 9.17) is 5.73 Å². The Morgan fingerprint density at radius 2 is 1.72 bits per heavy atom. The third-order valence-corrected chi connectivity index (χ3v) is 4.59. The fourth-order valence-corrected chi connectivity index (χ4v) is 3.97. The first-order valence-electron chi connectivity index (χ1n) is 7.19. The van der Waals surface area contributed by atoms with Crippen LogP contribution in [0.1, 0.15) is 30.4 Å². The van der Waals surface area contributed by atoms with E-state index < -0.39 is 0 Å². The Hall–Kier alpha value is -1.02. The zero-order chi connectivity index (χ0) is 12.7. The summed E-state index contributed by atoms with van der Waals surface area (Å²) in [4.78, 5) is 2.60. The monoisotopic (exact) mass is 244 g/mol. The Bertz CT molecular complexity index is 423. The second-order valence-electron chi connectivity index (χ2n) is 6.39. The molecule has 2 nitrogen and oxygen atoms in total. The summed E-state index contributed by atoms with van der Waals surface area (Å²) in [5.74, 6) is 1.63. The lowest BCUT2D eigenvalue weighted by Gasteiger charge is -2.45. The maximum atomic E-state index is 6.14. The Morgan fingerprint density at radius 3 is 2.33 bits per heavy atom. The fraction of sp³-hybridized carbons (Fsp3) is 0.625. The number of hydrogen-bond acceptors (Lipinski definition) is 2. The van der Waals surface area contributed by atoms with Crippen LogP contribution in [0, 0.1) is 25.7 Å². The van der Waals surface area contributed by atoms with Crippen molar-refractivity contribution in [3.63, 3.8) is 0 Å². The van der Waals surface area contributed by atoms with E-state index in [0.29, 0.717) is 6.04 Å². The zero-order valence-electron chi connectivity index (χ0n) is 11.5. The van der Waals surface area contributed by atoms with E-state index in [2.05, 4.69) is 36.9 Å². The number of anilines is 1. The van der Waals surface area contributed by atoms with Crippen molar-refractivity contribution in [2.45, 2.75) is 39.2 Å². The molecular weight excluding hydrogens is 220 g/mol. The molecule has 2 fully saturated rings. The maximum absolute atomic E-state index is 6.14. The molecule has 98 valence electrons. The first-order valence-corrected chi connectivity index (χ1v) is 7.19. The SMILES string of the molecule is Cc1ccc(N2CC3CC(N)CC(C3)C2)c(C)c1. The molecule has 0 aromatic heterocycles. The van der Waals surface area contributed by atoms with Crippen LogP contribution in [-0.4, -0.2) is 19.1 Å². The Balaban J connectivity index is 1.81. The number of hydrogen-bond donors (Lipinski definition) is 1. The highest BCUT2D eigenvalue weighted by Crippen LogP contribution is 2.36. The van der Waals surface area contributed by atoms with Gasteiger partial charge in [0.1, 0.15) is 0 Å². The molecule has 3 rings (SSSR count). The molecule has 1 aliphatic carbocycles. The second kappa shape index (κ2) is 4.58. The van der Waals surface area contributed by atoms with Gasteiger partial charge in [-0.2, -0.15) is 0 Å². The van der Waals surface area contributed by atoms with Gasteiger partial charge in [0.25, 0.3) is 0 Å². The Morgan fingerprint density at radius 1 is 1.06 bits per heavy atom. The van der Waals surface area contributed by atoms with Crippen molar-refractivity contribution in [3.8, 4) is 0 Å². The van der Waals surface area contributed by atoms with Gasteiger partial charge >= 0.3 is 0 Å². The van der Waals surface area contributed by atoms with Gasteiger partial charge in [-0.25, -0.2) is 0 Å². The molecule has 2 atom stereocenters. The fourth-order valence-electron chi connectivity index (χ4n) is 3.97. The number of aryl methyl sites for hydroxylation is 2. The summed E-state index contributed by atoms with van der Waals surface area (Å²) in [6, 6.07) is 7.28. The Kier molecular flexibility index (Phi) is 3.06. The molecule has 1 saturated carbocycles. The molecule has 0 radical (unpaired) electrons. The highest BCUT2D eigenvalue weighted by atomic mass is 15.1. The van der Waals surface area contributed by atoms with Crippen molar-refractivity contribution >= 4 is 5.69 Å². The lowest BCUT2D eigenvalue weighted by molar-refractivity contribution is 0.208. The van der Waals surface area contributed by atoms with Crippen molar-refractivity contribution in [3.05, 3.63) is 29.3 Å². The zero-order valence-corrected chi connectivity index (χ0v) is 11.5. The first kappa shape index (κ1) is 12.0. The summed E-state index contributed by atoms with van der Waals surface area (Å²) in [5, 5.41) is 0. The summed E-state index contributed by atoms with van der Waals surface area (Å²) in [7, 11) is 0. The number of piperidine rings is 1. The third kappa shape index (κ3) is 2.26. The van der Waals surface area contributed by atoms with Crippen LogP contribution in [0.4, 0.5) is 5.69 Å². The quantitative estimate of drug-likeness (QED) is 0.823. The predicted octanol–water partition coefficient (Wildman–Crippen LogP) is 2.87. The second-order valence-corrected chi connectivity index (χ2v) is 6.39. The van der Waals surface area contributed by atoms with Crippen molar-refractivity contribution < 1.29 is 0 Å². The van der Waals surface area contributed by atoms with Crippen LogP contribution in [0.2, 0.25) is 0 Å². The first-order chi connectivity index (χ1) is 8.61. The van der Waals surface area contributed by atoms with Gasteiger partial charge in [-0.3, -0.25) is 0 Å². The van der Waals surface area contributed by atoms with Crippen molar-refractivity contribution in [1.82, 2.24) is 0 Å². The van der Waals surface area contributed by atoms with Gasteiger partial charge in [0, 0.05) is 24.8 Å². The normalized spacial score (nSPS) is 31.5. The van der Waals surface area contributed by atoms with Gasteiger partial charge in [-0.05, 0) is 56.6 Å². The maximum Gasteiger partial charge on any atom is 0.0396 e. The van der Waals surface area contributed by atoms with Crippen LogP contribution < -0.4 is 10.6 Å². The van der Waals surface area contributed by atoms with Gasteiger partial charge in [-0.15, -0.1) is 0 Å². The number of nitrogens with zero attached hydrogens (tertiary/aromatic N) is 1. The predicted molar refractivity (Wildman–Crippen MR) is 76.9 cm³/mol. The highest BCUT2D eigenvalue weighted by molar-refractivity contribution is 5.54. The van der Waals surface area contributed by atoms with Crippen LogP contribution in [0.5, 0.6) is 0 Å². The average molecular weight is 244 g/mol. The standard InChI is InChI=1S/C16H24N2/c1-11-3-4-16(12(2)5-11)18-9-13-6-14(10-18)8-15(17)7-13/h3-5,13-15H,6-10,17H2,1-2H3. The van der Waals surface area contributed by atoms with Crippen LogP contribution in [-0.2, 0) is 0 Å². The van der Waals surface area contributed by atoms with E-state index in [9.17, 15) is 0 Å². The van der Waals surface area contributed by atoms with Crippen molar-refractivity contribution in [2.24, 2.45) is 17.6 Å². The van der Waals surface area contributed by atoms with Gasteiger partial charge in [0.15, 0.2) is 0 Å². The molecule has 2 N–H and O–H groups in total. The lowest BCUT2D eigenvalue weighted by Crippen LogP contribution is -2.48. The lowest BCUT2D eigenvalue weighted by atomic mass is 9.75. The van der Waals surface area contributed by atoms with Crippen LogP contribution >= 0.6 is 0 Å². The molecule has 1 aromatic rings. The summed E-state index contributed by atoms with van der Waals surface area (Å²) in [6.07, 6.45) is 3.84. The largest absolute Gasteiger partial charge is 0.371 e. The Labute approximate surface area is 110 Å². The summed E-state index contributed by atoms with van der Waals surface area (Å²) in [6.45, 7) is 6.81. The van der Waals surface area contributed by atoms with Gasteiger partial charge in [-0.1, -0.05) is 17.7 Å². The summed E-state index contributed by atoms with van der Waals surface area (Å²) < 4.78 is 0. The molecule has 0 amide bonds. The van der Waals surface area contributed by atoms with Gasteiger partial charge in [0.05, 0.1) is 0 Å². The van der Waals surface area contributed by atoms with E-state index in [0.717, 1.165) is 11.8 Å². The van der Waals surface area contributed by atoms with Crippen LogP contribution in [0.25, 0.3) is 0 Å². The molecule has 1 aromatic carbocycles. The average Bonchev–Trinajstić information content (AvgIpc) is 2.26. The summed E-state index contributed by atoms with van der Waals surface area (Å²) >= 11 is 0. The van der Waals surface area contributed by atoms with E-state index >= 15 is 0 Å². The molecule has 18 heavy (non-hydrogen) atoms. The van der Waals surface area contributed by atoms with Crippen molar-refractivity contribution in [2.75, 3.05) is 18.0 Å². The minimum atomic E-state index is 0.454. The number of benzene rings is 1. The smallest absolute Gasteiger partial charge is 0.0396 e. The van der Waals surface area contributed by atoms with Crippen molar-refractivity contribution in [1.29, 1.82) is 0 Å². The molecule has 0 spiro atoms. The van der Waals surface area contributed by atoms with E-state index in [1.807, 2.05) is 0 Å². The molecule has 1 saturated heterocycles. The number of fused-ring (bicyclic) bond motifs is 2. The van der Waals surface area contributed by atoms with Gasteiger partial charge < -0.3 is 10.6 Å². The van der Waals surface area contributed by atoms with E-state index in [1.165, 1.54) is 49.2 Å². The molecule has 1 aliphatic heterocycles. The topological polar surface area (TPSA) is 29.3 Å². The third-order valence-electron chi connectivity index (χ3n) is 4.59. The molecule has 2 bridgehead atoms. The van der Waals surface area contributed by atoms with E-state index in [-0.39, 0.29) is 0 Å². The molecule has 2 heteroatoms. The van der Waals surface area contributed by atoms with Gasteiger partial charge in [0.2, 0.25) is 0 Å². The number of rotatable bonds is 1. The number of nitrogens with two attached hydrogens (primary N) is 1. The molecule has 2 unspecified atom stereocenters. The highest BCUT2D eigenvalue weighted by Gasteiger charge is 2.34. The summed E-state index contributed by atoms with van der Waals surface area (Å²) in [5.41, 5.74) is 10.3. The minimum absolute atomic E-state index is 0.454. The molecular formula is C16H24N2. The van der Waals surface area contributed by atoms with Crippen LogP contribution in [0.3, 0.4) is 0 Å².